The van der Waals surface area contributed by atoms with Gasteiger partial charge in [-0.3, -0.25) is 4.79 Å². The molecule has 2 heterocycles. The topological polar surface area (TPSA) is 34.4 Å². The second-order valence-corrected chi connectivity index (χ2v) is 6.40. The van der Waals surface area contributed by atoms with Crippen LogP contribution in [0.3, 0.4) is 0 Å². The minimum absolute atomic E-state index is 0.0981. The van der Waals surface area contributed by atoms with Gasteiger partial charge >= 0.3 is 6.18 Å². The number of hydrogen-bond acceptors (Lipinski definition) is 2. The van der Waals surface area contributed by atoms with Gasteiger partial charge in [0.15, 0.2) is 5.78 Å². The summed E-state index contributed by atoms with van der Waals surface area (Å²) in [5.74, 6) is -0.0981. The van der Waals surface area contributed by atoms with Crippen LogP contribution in [0, 0.1) is 0 Å². The Balaban J connectivity index is 1.80. The molecule has 0 N–H and O–H groups in total. The molecule has 7 heteroatoms. The Hall–Kier alpha value is -2.34. The number of alkyl halides is 3. The van der Waals surface area contributed by atoms with E-state index < -0.39 is 11.7 Å². The molecule has 0 saturated heterocycles. The van der Waals surface area contributed by atoms with Crippen LogP contribution in [-0.2, 0) is 19.0 Å². The molecular weight excluding hydrogens is 365 g/mol. The molecule has 0 saturated carbocycles. The number of hydrogen-bond donors (Lipinski definition) is 0. The summed E-state index contributed by atoms with van der Waals surface area (Å²) in [5.41, 5.74) is 1.84. The van der Waals surface area contributed by atoms with E-state index in [0.717, 1.165) is 12.1 Å². The number of aromatic nitrogens is 2. The Morgan fingerprint density at radius 2 is 1.88 bits per heavy atom. The minimum Gasteiger partial charge on any atom is -0.294 e. The zero-order valence-corrected chi connectivity index (χ0v) is 14.7. The molecular formula is C19H16ClF3N2O. The van der Waals surface area contributed by atoms with Gasteiger partial charge in [0, 0.05) is 17.6 Å². The van der Waals surface area contributed by atoms with Crippen molar-refractivity contribution in [3.8, 4) is 0 Å². The van der Waals surface area contributed by atoms with Crippen molar-refractivity contribution in [2.45, 2.75) is 32.4 Å². The third-order valence-corrected chi connectivity index (χ3v) is 4.44. The van der Waals surface area contributed by atoms with Gasteiger partial charge in [0.05, 0.1) is 22.3 Å². The van der Waals surface area contributed by atoms with Crippen LogP contribution in [0.2, 0.25) is 5.02 Å². The fraction of sp³-hybridized carbons (Fsp3) is 0.263. The maximum absolute atomic E-state index is 12.7. The summed E-state index contributed by atoms with van der Waals surface area (Å²) in [6, 6.07) is 8.27. The molecule has 136 valence electrons. The van der Waals surface area contributed by atoms with Crippen molar-refractivity contribution in [3.63, 3.8) is 0 Å². The molecule has 0 bridgehead atoms. The highest BCUT2D eigenvalue weighted by Crippen LogP contribution is 2.29. The van der Waals surface area contributed by atoms with Crippen molar-refractivity contribution in [2.75, 3.05) is 0 Å². The van der Waals surface area contributed by atoms with Crippen LogP contribution in [0.15, 0.2) is 42.6 Å². The van der Waals surface area contributed by atoms with Gasteiger partial charge in [-0.15, -0.1) is 0 Å². The fourth-order valence-corrected chi connectivity index (χ4v) is 3.02. The lowest BCUT2D eigenvalue weighted by atomic mass is 10.00. The number of carbonyl (C=O) groups excluding carboxylic acids is 1. The highest BCUT2D eigenvalue weighted by Gasteiger charge is 2.30. The second-order valence-electron chi connectivity index (χ2n) is 5.97. The predicted molar refractivity (Wildman–Crippen MR) is 93.7 cm³/mol. The zero-order chi connectivity index (χ0) is 18.9. The predicted octanol–water partition coefficient (Wildman–Crippen LogP) is 5.38. The molecule has 0 fully saturated rings. The molecule has 3 aromatic rings. The maximum Gasteiger partial charge on any atom is 0.416 e. The number of nitrogens with zero attached hydrogens (tertiary/aromatic N) is 2. The lowest BCUT2D eigenvalue weighted by molar-refractivity contribution is -0.137. The number of pyridine rings is 1. The summed E-state index contributed by atoms with van der Waals surface area (Å²) in [4.78, 5) is 12.7. The van der Waals surface area contributed by atoms with Crippen molar-refractivity contribution in [2.24, 2.45) is 0 Å². The van der Waals surface area contributed by atoms with Crippen molar-refractivity contribution in [1.29, 1.82) is 0 Å². The molecule has 0 spiro atoms. The average molecular weight is 381 g/mol. The van der Waals surface area contributed by atoms with E-state index in [-0.39, 0.29) is 12.2 Å². The second kappa shape index (κ2) is 7.11. The average Bonchev–Trinajstić information content (AvgIpc) is 2.97. The van der Waals surface area contributed by atoms with Crippen LogP contribution in [0.1, 0.15) is 40.5 Å². The Labute approximate surface area is 153 Å². The van der Waals surface area contributed by atoms with Crippen molar-refractivity contribution in [1.82, 2.24) is 9.61 Å². The first-order valence-corrected chi connectivity index (χ1v) is 8.53. The third kappa shape index (κ3) is 3.75. The van der Waals surface area contributed by atoms with Gasteiger partial charge in [0.1, 0.15) is 0 Å². The Bertz CT molecular complexity index is 946. The first-order valence-electron chi connectivity index (χ1n) is 8.15. The molecule has 0 radical (unpaired) electrons. The van der Waals surface area contributed by atoms with E-state index in [1.165, 1.54) is 12.1 Å². The van der Waals surface area contributed by atoms with E-state index in [2.05, 4.69) is 5.10 Å². The fourth-order valence-electron chi connectivity index (χ4n) is 2.86. The summed E-state index contributed by atoms with van der Waals surface area (Å²) < 4.78 is 39.5. The van der Waals surface area contributed by atoms with Crippen LogP contribution >= 0.6 is 11.6 Å². The zero-order valence-electron chi connectivity index (χ0n) is 14.0. The first kappa shape index (κ1) is 18.5. The van der Waals surface area contributed by atoms with Gasteiger partial charge in [-0.25, -0.2) is 4.52 Å². The van der Waals surface area contributed by atoms with Crippen molar-refractivity contribution >= 4 is 22.9 Å². The summed E-state index contributed by atoms with van der Waals surface area (Å²) in [7, 11) is 0. The van der Waals surface area contributed by atoms with E-state index >= 15 is 0 Å². The summed E-state index contributed by atoms with van der Waals surface area (Å²) in [6.45, 7) is 1.91. The molecule has 2 aromatic heterocycles. The number of benzene rings is 1. The quantitative estimate of drug-likeness (QED) is 0.556. The molecule has 1 aromatic carbocycles. The number of carbonyl (C=O) groups is 1. The SMILES string of the molecule is CCc1nn2ccc(Cl)cc2c1C(=O)CCc1ccc(C(F)(F)F)cc1. The first-order chi connectivity index (χ1) is 12.3. The van der Waals surface area contributed by atoms with E-state index in [0.29, 0.717) is 40.2 Å². The Morgan fingerprint density at radius 1 is 1.19 bits per heavy atom. The van der Waals surface area contributed by atoms with Crippen molar-refractivity contribution in [3.05, 3.63) is 70.0 Å². The van der Waals surface area contributed by atoms with E-state index in [1.54, 1.807) is 22.8 Å². The molecule has 3 rings (SSSR count). The number of halogens is 4. The number of aryl methyl sites for hydroxylation is 2. The van der Waals surface area contributed by atoms with Crippen LogP contribution < -0.4 is 0 Å². The van der Waals surface area contributed by atoms with Crippen LogP contribution in [-0.4, -0.2) is 15.4 Å². The monoisotopic (exact) mass is 380 g/mol. The molecule has 0 unspecified atom stereocenters. The lowest BCUT2D eigenvalue weighted by Gasteiger charge is -2.07. The Morgan fingerprint density at radius 3 is 2.50 bits per heavy atom. The van der Waals surface area contributed by atoms with Crippen LogP contribution in [0.25, 0.3) is 5.52 Å². The van der Waals surface area contributed by atoms with E-state index in [9.17, 15) is 18.0 Å². The largest absolute Gasteiger partial charge is 0.416 e. The Kier molecular flexibility index (Phi) is 5.05. The standard InChI is InChI=1S/C19H16ClF3N2O/c1-2-15-18(16-11-14(20)9-10-25(16)24-15)17(26)8-5-12-3-6-13(7-4-12)19(21,22)23/h3-4,6-7,9-11H,2,5,8H2,1H3. The number of fused-ring (bicyclic) bond motifs is 1. The van der Waals surface area contributed by atoms with Gasteiger partial charge in [-0.05, 0) is 42.7 Å². The van der Waals surface area contributed by atoms with Gasteiger partial charge in [0.2, 0.25) is 0 Å². The van der Waals surface area contributed by atoms with E-state index in [1.807, 2.05) is 6.92 Å². The smallest absolute Gasteiger partial charge is 0.294 e. The molecule has 0 aliphatic carbocycles. The maximum atomic E-state index is 12.7. The minimum atomic E-state index is -4.36. The number of rotatable bonds is 5. The molecule has 0 aliphatic rings. The summed E-state index contributed by atoms with van der Waals surface area (Å²) in [5, 5.41) is 4.91. The van der Waals surface area contributed by atoms with Crippen LogP contribution in [0.4, 0.5) is 13.2 Å². The van der Waals surface area contributed by atoms with Crippen molar-refractivity contribution < 1.29 is 18.0 Å². The molecule has 26 heavy (non-hydrogen) atoms. The molecule has 0 atom stereocenters. The molecule has 0 amide bonds. The molecule has 0 aliphatic heterocycles. The van der Waals surface area contributed by atoms with E-state index in [4.69, 9.17) is 11.6 Å². The summed E-state index contributed by atoms with van der Waals surface area (Å²) in [6.07, 6.45) is -1.52. The normalized spacial score (nSPS) is 11.9. The molecule has 3 nitrogen and oxygen atoms in total. The number of Topliss-reactive ketones (excluding diaryl/α,β-unsaturated/α-hetero) is 1. The van der Waals surface area contributed by atoms with Gasteiger partial charge in [0.25, 0.3) is 0 Å². The highest BCUT2D eigenvalue weighted by atomic mass is 35.5. The highest BCUT2D eigenvalue weighted by molar-refractivity contribution is 6.31. The number of ketones is 1. The van der Waals surface area contributed by atoms with Gasteiger partial charge in [-0.2, -0.15) is 18.3 Å². The third-order valence-electron chi connectivity index (χ3n) is 4.21. The van der Waals surface area contributed by atoms with Gasteiger partial charge in [-0.1, -0.05) is 30.7 Å². The lowest BCUT2D eigenvalue weighted by Crippen LogP contribution is -2.06. The van der Waals surface area contributed by atoms with Crippen LogP contribution in [0.5, 0.6) is 0 Å². The summed E-state index contributed by atoms with van der Waals surface area (Å²) >= 11 is 6.03. The van der Waals surface area contributed by atoms with Gasteiger partial charge < -0.3 is 0 Å².